The molecule has 0 aromatic heterocycles. The van der Waals surface area contributed by atoms with Crippen molar-refractivity contribution in [2.24, 2.45) is 0 Å². The molecule has 0 saturated heterocycles. The van der Waals surface area contributed by atoms with E-state index in [1.807, 2.05) is 36.4 Å². The van der Waals surface area contributed by atoms with Gasteiger partial charge in [-0.25, -0.2) is 0 Å². The van der Waals surface area contributed by atoms with Crippen LogP contribution >= 0.6 is 0 Å². The third-order valence-corrected chi connectivity index (χ3v) is 2.07. The Morgan fingerprint density at radius 2 is 0.867 bits per heavy atom. The summed E-state index contributed by atoms with van der Waals surface area (Å²) in [6.07, 6.45) is 4.24. The molecule has 0 atom stereocenters. The Labute approximate surface area is 101 Å². The van der Waals surface area contributed by atoms with Crippen molar-refractivity contribution in [3.05, 3.63) is 71.8 Å². The zero-order valence-electron chi connectivity index (χ0n) is 8.24. The van der Waals surface area contributed by atoms with Gasteiger partial charge in [-0.3, -0.25) is 0 Å². The molecule has 2 aromatic rings. The van der Waals surface area contributed by atoms with Gasteiger partial charge >= 0.3 is 16.5 Å². The Bertz CT molecular complexity index is 362. The molecule has 0 spiro atoms. The normalized spacial score (nSPS) is 9.87. The Kier molecular flexibility index (Phi) is 4.86. The van der Waals surface area contributed by atoms with E-state index in [1.54, 1.807) is 0 Å². The maximum atomic E-state index is 2.12. The molecule has 0 N–H and O–H groups in total. The topological polar surface area (TPSA) is 0 Å². The largest absolute Gasteiger partial charge is 2.00 e. The molecule has 1 heteroatoms. The molecule has 0 nitrogen and oxygen atoms in total. The van der Waals surface area contributed by atoms with Crippen LogP contribution in [0.5, 0.6) is 0 Å². The van der Waals surface area contributed by atoms with E-state index < -0.39 is 0 Å². The summed E-state index contributed by atoms with van der Waals surface area (Å²) in [7, 11) is 0. The molecule has 76 valence electrons. The van der Waals surface area contributed by atoms with E-state index in [4.69, 9.17) is 0 Å². The molecule has 0 bridgehead atoms. The number of hydrogen-bond acceptors (Lipinski definition) is 0. The number of rotatable bonds is 2. The number of benzene rings is 2. The van der Waals surface area contributed by atoms with E-state index in [-0.39, 0.29) is 16.5 Å². The average Bonchev–Trinajstić information content (AvgIpc) is 2.29. The standard InChI is InChI=1S/C14H12.Ni/c1-3-7-13(8-4-1)11-12-14-9-5-2-6-10-14;/h1-12H;/q;+2/b12-11+;. The van der Waals surface area contributed by atoms with E-state index in [0.717, 1.165) is 0 Å². The predicted molar refractivity (Wildman–Crippen MR) is 61.8 cm³/mol. The Morgan fingerprint density at radius 3 is 1.20 bits per heavy atom. The van der Waals surface area contributed by atoms with Gasteiger partial charge in [-0.1, -0.05) is 72.8 Å². The van der Waals surface area contributed by atoms with Crippen LogP contribution in [-0.4, -0.2) is 0 Å². The second kappa shape index (κ2) is 6.21. The molecule has 0 saturated carbocycles. The third kappa shape index (κ3) is 3.73. The van der Waals surface area contributed by atoms with Crippen molar-refractivity contribution < 1.29 is 16.5 Å². The molecule has 0 heterocycles. The van der Waals surface area contributed by atoms with Crippen LogP contribution in [0.1, 0.15) is 11.1 Å². The monoisotopic (exact) mass is 238 g/mol. The van der Waals surface area contributed by atoms with Crippen LogP contribution < -0.4 is 0 Å². The first-order valence-electron chi connectivity index (χ1n) is 4.73. The summed E-state index contributed by atoms with van der Waals surface area (Å²) < 4.78 is 0. The second-order valence-corrected chi connectivity index (χ2v) is 3.15. The zero-order chi connectivity index (χ0) is 9.64. The summed E-state index contributed by atoms with van der Waals surface area (Å²) >= 11 is 0. The van der Waals surface area contributed by atoms with E-state index in [0.29, 0.717) is 0 Å². The SMILES string of the molecule is C(=C\c1ccccc1)/c1ccccc1.[Ni+2]. The minimum atomic E-state index is 0. The Hall–Kier alpha value is -1.33. The average molecular weight is 239 g/mol. The van der Waals surface area contributed by atoms with Crippen LogP contribution in [0.15, 0.2) is 60.7 Å². The first-order valence-corrected chi connectivity index (χ1v) is 4.73. The summed E-state index contributed by atoms with van der Waals surface area (Å²) in [5, 5.41) is 0. The van der Waals surface area contributed by atoms with Crippen molar-refractivity contribution in [1.82, 2.24) is 0 Å². The Morgan fingerprint density at radius 1 is 0.533 bits per heavy atom. The van der Waals surface area contributed by atoms with E-state index >= 15 is 0 Å². The maximum absolute atomic E-state index is 2.12. The van der Waals surface area contributed by atoms with Crippen LogP contribution in [0, 0.1) is 0 Å². The van der Waals surface area contributed by atoms with E-state index in [2.05, 4.69) is 36.4 Å². The fourth-order valence-corrected chi connectivity index (χ4v) is 1.32. The van der Waals surface area contributed by atoms with Gasteiger partial charge in [-0.2, -0.15) is 0 Å². The first-order chi connectivity index (χ1) is 6.95. The molecule has 0 aliphatic rings. The maximum Gasteiger partial charge on any atom is 2.00 e. The third-order valence-electron chi connectivity index (χ3n) is 2.07. The molecule has 0 fully saturated rings. The van der Waals surface area contributed by atoms with Gasteiger partial charge in [0.25, 0.3) is 0 Å². The fourth-order valence-electron chi connectivity index (χ4n) is 1.32. The minimum Gasteiger partial charge on any atom is -0.0622 e. The predicted octanol–water partition coefficient (Wildman–Crippen LogP) is 3.85. The molecular weight excluding hydrogens is 227 g/mol. The molecule has 0 amide bonds. The van der Waals surface area contributed by atoms with Gasteiger partial charge in [-0.05, 0) is 11.1 Å². The molecule has 2 rings (SSSR count). The number of hydrogen-bond donors (Lipinski definition) is 0. The van der Waals surface area contributed by atoms with Gasteiger partial charge in [0.1, 0.15) is 0 Å². The molecule has 0 aliphatic heterocycles. The van der Waals surface area contributed by atoms with Crippen LogP contribution in [0.3, 0.4) is 0 Å². The second-order valence-electron chi connectivity index (χ2n) is 3.15. The summed E-state index contributed by atoms with van der Waals surface area (Å²) in [5.41, 5.74) is 2.47. The van der Waals surface area contributed by atoms with Gasteiger partial charge in [0.05, 0.1) is 0 Å². The molecule has 15 heavy (non-hydrogen) atoms. The smallest absolute Gasteiger partial charge is 0.0622 e. The molecule has 0 aliphatic carbocycles. The van der Waals surface area contributed by atoms with Gasteiger partial charge in [0.15, 0.2) is 0 Å². The van der Waals surface area contributed by atoms with Crippen molar-refractivity contribution in [1.29, 1.82) is 0 Å². The fraction of sp³-hybridized carbons (Fsp3) is 0. The van der Waals surface area contributed by atoms with Crippen LogP contribution in [0.2, 0.25) is 0 Å². The molecule has 0 radical (unpaired) electrons. The van der Waals surface area contributed by atoms with Gasteiger partial charge in [0, 0.05) is 0 Å². The van der Waals surface area contributed by atoms with Crippen molar-refractivity contribution in [3.63, 3.8) is 0 Å². The zero-order valence-corrected chi connectivity index (χ0v) is 9.23. The molecular formula is C14H12Ni+2. The van der Waals surface area contributed by atoms with Gasteiger partial charge < -0.3 is 0 Å². The summed E-state index contributed by atoms with van der Waals surface area (Å²) in [5.74, 6) is 0. The Balaban J connectivity index is 0.00000112. The van der Waals surface area contributed by atoms with Gasteiger partial charge in [-0.15, -0.1) is 0 Å². The molecule has 2 aromatic carbocycles. The quantitative estimate of drug-likeness (QED) is 0.551. The van der Waals surface area contributed by atoms with Crippen molar-refractivity contribution >= 4 is 12.2 Å². The van der Waals surface area contributed by atoms with E-state index in [1.165, 1.54) is 11.1 Å². The summed E-state index contributed by atoms with van der Waals surface area (Å²) in [4.78, 5) is 0. The first kappa shape index (κ1) is 11.7. The van der Waals surface area contributed by atoms with Crippen molar-refractivity contribution in [3.8, 4) is 0 Å². The molecule has 0 unspecified atom stereocenters. The summed E-state index contributed by atoms with van der Waals surface area (Å²) in [6, 6.07) is 20.6. The van der Waals surface area contributed by atoms with Gasteiger partial charge in [0.2, 0.25) is 0 Å². The van der Waals surface area contributed by atoms with Crippen molar-refractivity contribution in [2.75, 3.05) is 0 Å². The van der Waals surface area contributed by atoms with Crippen LogP contribution in [0.25, 0.3) is 12.2 Å². The summed E-state index contributed by atoms with van der Waals surface area (Å²) in [6.45, 7) is 0. The minimum absolute atomic E-state index is 0. The van der Waals surface area contributed by atoms with Crippen LogP contribution in [-0.2, 0) is 16.5 Å². The van der Waals surface area contributed by atoms with Crippen LogP contribution in [0.4, 0.5) is 0 Å². The van der Waals surface area contributed by atoms with E-state index in [9.17, 15) is 0 Å². The van der Waals surface area contributed by atoms with Crippen molar-refractivity contribution in [2.45, 2.75) is 0 Å².